The van der Waals surface area contributed by atoms with Crippen LogP contribution in [0.25, 0.3) is 0 Å². The van der Waals surface area contributed by atoms with Crippen molar-refractivity contribution in [1.82, 2.24) is 36.6 Å². The van der Waals surface area contributed by atoms with Gasteiger partial charge in [-0.05, 0) is 50.0 Å². The van der Waals surface area contributed by atoms with E-state index in [1.165, 1.54) is 24.8 Å². The summed E-state index contributed by atoms with van der Waals surface area (Å²) in [6.45, 7) is 7.96. The molecule has 5 aliphatic rings. The predicted molar refractivity (Wildman–Crippen MR) is 139 cm³/mol. The van der Waals surface area contributed by atoms with Crippen LogP contribution < -0.4 is 32.1 Å². The monoisotopic (exact) mass is 496 g/mol. The zero-order valence-corrected chi connectivity index (χ0v) is 21.1. The van der Waals surface area contributed by atoms with Crippen molar-refractivity contribution in [3.05, 3.63) is 41.5 Å². The van der Waals surface area contributed by atoms with Crippen molar-refractivity contribution in [3.63, 3.8) is 0 Å². The molecule has 5 heterocycles. The minimum absolute atomic E-state index is 0.0129. The van der Waals surface area contributed by atoms with E-state index in [4.69, 9.17) is 4.74 Å². The number of rotatable bonds is 6. The second kappa shape index (κ2) is 10.7. The van der Waals surface area contributed by atoms with E-state index in [1.54, 1.807) is 0 Å². The van der Waals surface area contributed by atoms with E-state index in [0.717, 1.165) is 31.9 Å². The van der Waals surface area contributed by atoms with Crippen molar-refractivity contribution in [3.8, 4) is 0 Å². The molecule has 0 bridgehead atoms. The molecule has 4 fully saturated rings. The minimum atomic E-state index is -0.0129. The van der Waals surface area contributed by atoms with Gasteiger partial charge in [0, 0.05) is 62.6 Å². The number of ether oxygens (including phenoxy) is 1. The van der Waals surface area contributed by atoms with Gasteiger partial charge in [-0.25, -0.2) is 10.9 Å². The molecule has 36 heavy (non-hydrogen) atoms. The second-order valence-electron chi connectivity index (χ2n) is 10.6. The highest BCUT2D eigenvalue weighted by Crippen LogP contribution is 2.27. The van der Waals surface area contributed by atoms with E-state index in [1.807, 2.05) is 24.3 Å². The van der Waals surface area contributed by atoms with Crippen molar-refractivity contribution in [1.29, 1.82) is 0 Å². The second-order valence-corrected chi connectivity index (χ2v) is 10.6. The normalized spacial score (nSPS) is 34.8. The third kappa shape index (κ3) is 4.91. The zero-order valence-electron chi connectivity index (χ0n) is 21.1. The highest BCUT2D eigenvalue weighted by atomic mass is 16.5. The molecular weight excluding hydrogens is 456 g/mol. The minimum Gasteiger partial charge on any atom is -0.382 e. The van der Waals surface area contributed by atoms with Gasteiger partial charge < -0.3 is 26.0 Å². The van der Waals surface area contributed by atoms with Crippen LogP contribution in [0.1, 0.15) is 36.5 Å². The van der Waals surface area contributed by atoms with E-state index in [-0.39, 0.29) is 24.3 Å². The van der Waals surface area contributed by atoms with Crippen molar-refractivity contribution >= 4 is 11.6 Å². The van der Waals surface area contributed by atoms with Crippen molar-refractivity contribution in [2.45, 2.75) is 62.9 Å². The van der Waals surface area contributed by atoms with Crippen LogP contribution in [-0.4, -0.2) is 98.3 Å². The fraction of sp³-hybridized carbons (Fsp3) is 0.654. The molecule has 1 aromatic carbocycles. The molecule has 1 aromatic rings. The van der Waals surface area contributed by atoms with Gasteiger partial charge in [-0.1, -0.05) is 12.1 Å². The largest absolute Gasteiger partial charge is 0.382 e. The Hall–Kier alpha value is -2.05. The fourth-order valence-corrected chi connectivity index (χ4v) is 6.53. The number of hydrazine groups is 1. The maximum Gasteiger partial charge on any atom is 0.251 e. The number of amides is 1. The van der Waals surface area contributed by atoms with E-state index in [2.05, 4.69) is 54.9 Å². The van der Waals surface area contributed by atoms with E-state index in [0.29, 0.717) is 43.5 Å². The standard InChI is InChI=1S/C26H40N8O2/c1-17-4-2-7-23-29-13-20(34(17)23)14-30-26(35)18-5-3-6-19(12-18)28-16-24-31-32-25-21-8-9-27-15-22(21)36-11-10-33(24)25/h3,5-6,8,12,17,20,22-25,27-29,31-32H,2,4,7,9-11,13-16H2,1H3,(H,30,35). The molecule has 6 rings (SSSR count). The molecule has 6 unspecified atom stereocenters. The number of benzene rings is 1. The Morgan fingerprint density at radius 3 is 3.08 bits per heavy atom. The quantitative estimate of drug-likeness (QED) is 0.304. The molecular formula is C26H40N8O2. The Kier molecular flexibility index (Phi) is 7.25. The Morgan fingerprint density at radius 1 is 1.19 bits per heavy atom. The number of piperidine rings is 1. The number of carbonyl (C=O) groups excluding carboxylic acids is 1. The lowest BCUT2D eigenvalue weighted by molar-refractivity contribution is 0.0754. The third-order valence-electron chi connectivity index (χ3n) is 8.39. The van der Waals surface area contributed by atoms with Crippen LogP contribution in [-0.2, 0) is 4.74 Å². The lowest BCUT2D eigenvalue weighted by Crippen LogP contribution is -2.51. The van der Waals surface area contributed by atoms with Crippen LogP contribution in [0.3, 0.4) is 0 Å². The first-order valence-electron chi connectivity index (χ1n) is 13.6. The summed E-state index contributed by atoms with van der Waals surface area (Å²) in [5.74, 6) is -0.0129. The highest BCUT2D eigenvalue weighted by Gasteiger charge is 2.40. The molecule has 6 atom stereocenters. The topological polar surface area (TPSA) is 105 Å². The summed E-state index contributed by atoms with van der Waals surface area (Å²) >= 11 is 0. The van der Waals surface area contributed by atoms with Gasteiger partial charge in [0.2, 0.25) is 0 Å². The molecule has 10 nitrogen and oxygen atoms in total. The van der Waals surface area contributed by atoms with E-state index < -0.39 is 0 Å². The predicted octanol–water partition coefficient (Wildman–Crippen LogP) is -0.00900. The molecule has 5 aliphatic heterocycles. The smallest absolute Gasteiger partial charge is 0.251 e. The van der Waals surface area contributed by atoms with Crippen molar-refractivity contribution < 1.29 is 9.53 Å². The summed E-state index contributed by atoms with van der Waals surface area (Å²) in [6, 6.07) is 8.74. The molecule has 0 spiro atoms. The molecule has 10 heteroatoms. The number of hydrogen-bond acceptors (Lipinski definition) is 9. The van der Waals surface area contributed by atoms with Crippen LogP contribution in [0.4, 0.5) is 5.69 Å². The Labute approximate surface area is 213 Å². The third-order valence-corrected chi connectivity index (χ3v) is 8.39. The average Bonchev–Trinajstić information content (AvgIpc) is 3.46. The van der Waals surface area contributed by atoms with Gasteiger partial charge in [-0.15, -0.1) is 0 Å². The number of hydrogen-bond donors (Lipinski definition) is 6. The van der Waals surface area contributed by atoms with Crippen molar-refractivity contribution in [2.75, 3.05) is 51.2 Å². The first-order chi connectivity index (χ1) is 17.7. The van der Waals surface area contributed by atoms with Gasteiger partial charge in [-0.3, -0.25) is 14.6 Å². The van der Waals surface area contributed by atoms with Gasteiger partial charge in [0.1, 0.15) is 0 Å². The number of nitrogens with one attached hydrogen (secondary N) is 6. The van der Waals surface area contributed by atoms with Gasteiger partial charge >= 0.3 is 0 Å². The van der Waals surface area contributed by atoms with Gasteiger partial charge in [-0.2, -0.15) is 0 Å². The lowest BCUT2D eigenvalue weighted by atomic mass is 10.0. The Balaban J connectivity index is 1.03. The zero-order chi connectivity index (χ0) is 24.5. The van der Waals surface area contributed by atoms with E-state index >= 15 is 0 Å². The van der Waals surface area contributed by atoms with Crippen molar-refractivity contribution in [2.24, 2.45) is 0 Å². The van der Waals surface area contributed by atoms with Gasteiger partial charge in [0.15, 0.2) is 0 Å². The number of nitrogens with zero attached hydrogens (tertiary/aromatic N) is 2. The molecule has 0 aliphatic carbocycles. The fourth-order valence-electron chi connectivity index (χ4n) is 6.53. The lowest BCUT2D eigenvalue weighted by Gasteiger charge is -2.38. The summed E-state index contributed by atoms with van der Waals surface area (Å²) in [5, 5.41) is 13.7. The van der Waals surface area contributed by atoms with E-state index in [9.17, 15) is 4.79 Å². The molecule has 0 saturated carbocycles. The first-order valence-corrected chi connectivity index (χ1v) is 13.6. The molecule has 0 radical (unpaired) electrons. The maximum atomic E-state index is 13.0. The number of carbonyl (C=O) groups is 1. The van der Waals surface area contributed by atoms with Crippen LogP contribution in [0.15, 0.2) is 35.9 Å². The number of anilines is 1. The summed E-state index contributed by atoms with van der Waals surface area (Å²) in [5.41, 5.74) is 9.87. The molecule has 6 N–H and O–H groups in total. The SMILES string of the molecule is CC1CCCC2NCC(CNC(=O)c3cccc(NCC4NNC5C6=CCNCC6OCCN45)c3)N12. The summed E-state index contributed by atoms with van der Waals surface area (Å²) in [6.07, 6.45) is 6.84. The van der Waals surface area contributed by atoms with Gasteiger partial charge in [0.25, 0.3) is 5.91 Å². The van der Waals surface area contributed by atoms with Crippen LogP contribution in [0.2, 0.25) is 0 Å². The van der Waals surface area contributed by atoms with Crippen LogP contribution in [0, 0.1) is 0 Å². The van der Waals surface area contributed by atoms with Gasteiger partial charge in [0.05, 0.1) is 31.2 Å². The molecule has 1 amide bonds. The molecule has 196 valence electrons. The van der Waals surface area contributed by atoms with Crippen LogP contribution >= 0.6 is 0 Å². The first kappa shape index (κ1) is 24.3. The maximum absolute atomic E-state index is 13.0. The average molecular weight is 497 g/mol. The van der Waals surface area contributed by atoms with Crippen LogP contribution in [0.5, 0.6) is 0 Å². The molecule has 4 saturated heterocycles. The highest BCUT2D eigenvalue weighted by molar-refractivity contribution is 5.95. The summed E-state index contributed by atoms with van der Waals surface area (Å²) in [7, 11) is 0. The summed E-state index contributed by atoms with van der Waals surface area (Å²) in [4.78, 5) is 18.0. The Morgan fingerprint density at radius 2 is 2.14 bits per heavy atom. The summed E-state index contributed by atoms with van der Waals surface area (Å²) < 4.78 is 6.08. The number of fused-ring (bicyclic) bond motifs is 4. The Bertz CT molecular complexity index is 973. The molecule has 0 aromatic heterocycles.